The van der Waals surface area contributed by atoms with Gasteiger partial charge in [-0.15, -0.1) is 0 Å². The fourth-order valence-corrected chi connectivity index (χ4v) is 6.97. The van der Waals surface area contributed by atoms with Crippen LogP contribution in [-0.2, 0) is 22.7 Å². The maximum atomic E-state index is 15.6. The zero-order valence-electron chi connectivity index (χ0n) is 23.7. The molecule has 232 valence electrons. The summed E-state index contributed by atoms with van der Waals surface area (Å²) in [5.74, 6) is -5.01. The number of nitrogens with zero attached hydrogens (tertiary/aromatic N) is 5. The third-order valence-electron chi connectivity index (χ3n) is 9.23. The number of hydrogen-bond donors (Lipinski definition) is 1. The highest BCUT2D eigenvalue weighted by molar-refractivity contribution is 6.05. The summed E-state index contributed by atoms with van der Waals surface area (Å²) in [5, 5.41) is 6.96. The van der Waals surface area contributed by atoms with Crippen molar-refractivity contribution in [3.63, 3.8) is 0 Å². The summed E-state index contributed by atoms with van der Waals surface area (Å²) >= 11 is 0. The zero-order valence-corrected chi connectivity index (χ0v) is 23.7. The van der Waals surface area contributed by atoms with E-state index in [0.29, 0.717) is 49.5 Å². The van der Waals surface area contributed by atoms with Gasteiger partial charge >= 0.3 is 0 Å². The lowest BCUT2D eigenvalue weighted by Gasteiger charge is -2.46. The molecule has 44 heavy (non-hydrogen) atoms. The average molecular weight is 615 g/mol. The molecule has 3 fully saturated rings. The maximum absolute atomic E-state index is 15.6. The number of rotatable bonds is 5. The second kappa shape index (κ2) is 10.8. The predicted molar refractivity (Wildman–Crippen MR) is 149 cm³/mol. The van der Waals surface area contributed by atoms with E-state index >= 15 is 13.2 Å². The van der Waals surface area contributed by atoms with Crippen LogP contribution >= 0.6 is 0 Å². The number of imide groups is 1. The molecular weight excluding hydrogens is 584 g/mol. The summed E-state index contributed by atoms with van der Waals surface area (Å²) in [4.78, 5) is 43.3. The Labute approximate surface area is 249 Å². The minimum Gasteiger partial charge on any atom is -0.354 e. The van der Waals surface area contributed by atoms with Gasteiger partial charge in [0, 0.05) is 68.4 Å². The lowest BCUT2D eigenvalue weighted by molar-refractivity contribution is -0.137. The summed E-state index contributed by atoms with van der Waals surface area (Å²) in [6.07, 6.45) is 0.453. The summed E-state index contributed by atoms with van der Waals surface area (Å²) in [7, 11) is 0. The van der Waals surface area contributed by atoms with Gasteiger partial charge in [0.05, 0.1) is 24.5 Å². The Morgan fingerprint density at radius 2 is 1.80 bits per heavy atom. The molecule has 7 rings (SSSR count). The molecule has 10 nitrogen and oxygen atoms in total. The number of alkyl halides is 2. The van der Waals surface area contributed by atoms with Crippen LogP contribution < -0.4 is 10.2 Å². The van der Waals surface area contributed by atoms with Crippen molar-refractivity contribution >= 4 is 34.5 Å². The van der Waals surface area contributed by atoms with Crippen molar-refractivity contribution in [3.05, 3.63) is 58.7 Å². The predicted octanol–water partition coefficient (Wildman–Crippen LogP) is 2.90. The Balaban J connectivity index is 0.980. The SMILES string of the molecule is O=C1CCC(N2Cc3c(ccc(CN4CCC(N5CCN(c6noc7cc(F)ccc67)CC5)C(F)(F)C4)c3F)C2=O)C(=O)N1. The molecule has 2 aromatic carbocycles. The summed E-state index contributed by atoms with van der Waals surface area (Å²) in [6.45, 7) is 1.37. The van der Waals surface area contributed by atoms with Crippen LogP contribution in [0.1, 0.15) is 40.7 Å². The number of aromatic nitrogens is 1. The van der Waals surface area contributed by atoms with Gasteiger partial charge in [0.25, 0.3) is 11.8 Å². The molecule has 5 heterocycles. The summed E-state index contributed by atoms with van der Waals surface area (Å²) in [5.41, 5.74) is 0.829. The largest absolute Gasteiger partial charge is 0.354 e. The van der Waals surface area contributed by atoms with Crippen molar-refractivity contribution in [2.45, 2.75) is 50.4 Å². The quantitative estimate of drug-likeness (QED) is 0.346. The molecule has 2 unspecified atom stereocenters. The van der Waals surface area contributed by atoms with Gasteiger partial charge in [-0.3, -0.25) is 29.5 Å². The van der Waals surface area contributed by atoms with E-state index < -0.39 is 53.9 Å². The molecule has 1 N–H and O–H groups in total. The van der Waals surface area contributed by atoms with Crippen LogP contribution in [0, 0.1) is 11.6 Å². The normalized spacial score (nSPS) is 24.7. The van der Waals surface area contributed by atoms with Gasteiger partial charge in [0.2, 0.25) is 11.8 Å². The van der Waals surface area contributed by atoms with Crippen molar-refractivity contribution in [2.24, 2.45) is 0 Å². The number of fused-ring (bicyclic) bond motifs is 2. The minimum atomic E-state index is -3.04. The number of hydrogen-bond acceptors (Lipinski definition) is 8. The van der Waals surface area contributed by atoms with Crippen molar-refractivity contribution in [3.8, 4) is 0 Å². The first-order valence-electron chi connectivity index (χ1n) is 14.7. The number of carbonyl (C=O) groups is 3. The smallest absolute Gasteiger partial charge is 0.275 e. The van der Waals surface area contributed by atoms with Crippen LogP contribution in [-0.4, -0.2) is 94.9 Å². The molecule has 1 aromatic heterocycles. The number of carbonyl (C=O) groups excluding carboxylic acids is 3. The van der Waals surface area contributed by atoms with E-state index in [1.54, 1.807) is 11.0 Å². The Hall–Kier alpha value is -4.04. The molecule has 14 heteroatoms. The first-order valence-corrected chi connectivity index (χ1v) is 14.7. The molecule has 0 aliphatic carbocycles. The first kappa shape index (κ1) is 28.7. The standard InChI is InChI=1S/C30H30F4N6O4/c31-18-2-4-20-23(13-18)44-36-27(20)39-11-9-38(10-12-39)24-7-8-37(16-30(24,33)34)14-17-1-3-19-21(26(17)32)15-40(29(19)43)22-5-6-25(41)35-28(22)42/h1-4,13,22,24H,5-12,14-16H2,(H,35,41,42). The number of likely N-dealkylation sites (tertiary alicyclic amines) is 1. The lowest BCUT2D eigenvalue weighted by Crippen LogP contribution is -2.61. The van der Waals surface area contributed by atoms with Crippen molar-refractivity contribution in [2.75, 3.05) is 44.2 Å². The van der Waals surface area contributed by atoms with Gasteiger partial charge in [0.15, 0.2) is 11.4 Å². The second-order valence-electron chi connectivity index (χ2n) is 11.9. The number of piperidine rings is 2. The molecule has 4 aliphatic rings. The van der Waals surface area contributed by atoms with E-state index in [9.17, 15) is 18.8 Å². The molecule has 3 amide bonds. The van der Waals surface area contributed by atoms with Crippen LogP contribution in [0.5, 0.6) is 0 Å². The molecule has 3 aromatic rings. The molecule has 0 spiro atoms. The molecular formula is C30H30F4N6O4. The third-order valence-corrected chi connectivity index (χ3v) is 9.23. The van der Waals surface area contributed by atoms with E-state index in [1.165, 1.54) is 34.1 Å². The van der Waals surface area contributed by atoms with Crippen LogP contribution in [0.2, 0.25) is 0 Å². The van der Waals surface area contributed by atoms with Crippen molar-refractivity contribution < 1.29 is 36.5 Å². The number of nitrogens with one attached hydrogen (secondary N) is 1. The van der Waals surface area contributed by atoms with Crippen LogP contribution in [0.25, 0.3) is 11.0 Å². The Morgan fingerprint density at radius 3 is 2.55 bits per heavy atom. The monoisotopic (exact) mass is 614 g/mol. The molecule has 0 bridgehead atoms. The van der Waals surface area contributed by atoms with Gasteiger partial charge in [-0.25, -0.2) is 17.6 Å². The van der Waals surface area contributed by atoms with Crippen LogP contribution in [0.3, 0.4) is 0 Å². The van der Waals surface area contributed by atoms with E-state index in [-0.39, 0.29) is 49.0 Å². The Bertz CT molecular complexity index is 1660. The molecule has 0 saturated carbocycles. The second-order valence-corrected chi connectivity index (χ2v) is 11.9. The number of benzene rings is 2. The topological polar surface area (TPSA) is 102 Å². The summed E-state index contributed by atoms with van der Waals surface area (Å²) in [6, 6.07) is 5.30. The Morgan fingerprint density at radius 1 is 1.00 bits per heavy atom. The molecule has 3 saturated heterocycles. The maximum Gasteiger partial charge on any atom is 0.275 e. The fraction of sp³-hybridized carbons (Fsp3) is 0.467. The first-order chi connectivity index (χ1) is 21.1. The van der Waals surface area contributed by atoms with Crippen molar-refractivity contribution in [1.82, 2.24) is 25.2 Å². The van der Waals surface area contributed by atoms with E-state index in [4.69, 9.17) is 4.52 Å². The molecule has 0 radical (unpaired) electrons. The van der Waals surface area contributed by atoms with E-state index in [0.717, 1.165) is 0 Å². The summed E-state index contributed by atoms with van der Waals surface area (Å²) < 4.78 is 65.5. The van der Waals surface area contributed by atoms with Crippen molar-refractivity contribution in [1.29, 1.82) is 0 Å². The third kappa shape index (κ3) is 4.99. The highest BCUT2D eigenvalue weighted by atomic mass is 19.3. The van der Waals surface area contributed by atoms with E-state index in [2.05, 4.69) is 10.5 Å². The number of halogens is 4. The fourth-order valence-electron chi connectivity index (χ4n) is 6.97. The Kier molecular flexibility index (Phi) is 7.08. The lowest BCUT2D eigenvalue weighted by atomic mass is 9.97. The average Bonchev–Trinajstić information content (AvgIpc) is 3.55. The highest BCUT2D eigenvalue weighted by Gasteiger charge is 2.48. The zero-order chi connectivity index (χ0) is 30.7. The van der Waals surface area contributed by atoms with Gasteiger partial charge in [-0.1, -0.05) is 11.2 Å². The molecule has 2 atom stereocenters. The van der Waals surface area contributed by atoms with Gasteiger partial charge in [0.1, 0.15) is 17.7 Å². The van der Waals surface area contributed by atoms with Crippen LogP contribution in [0.15, 0.2) is 34.9 Å². The highest BCUT2D eigenvalue weighted by Crippen LogP contribution is 2.36. The number of amides is 3. The van der Waals surface area contributed by atoms with Gasteiger partial charge in [-0.05, 0) is 31.0 Å². The van der Waals surface area contributed by atoms with Gasteiger partial charge in [-0.2, -0.15) is 0 Å². The van der Waals surface area contributed by atoms with Gasteiger partial charge < -0.3 is 14.3 Å². The number of piperazine rings is 1. The van der Waals surface area contributed by atoms with Crippen LogP contribution in [0.4, 0.5) is 23.4 Å². The minimum absolute atomic E-state index is 0.0400. The molecule has 4 aliphatic heterocycles. The number of anilines is 1. The van der Waals surface area contributed by atoms with E-state index in [1.807, 2.05) is 4.90 Å².